The molecule has 0 saturated heterocycles. The van der Waals surface area contributed by atoms with Crippen molar-refractivity contribution in [3.63, 3.8) is 0 Å². The van der Waals surface area contributed by atoms with Gasteiger partial charge in [-0.2, -0.15) is 0 Å². The molecule has 6 nitrogen and oxygen atoms in total. The van der Waals surface area contributed by atoms with E-state index < -0.39 is 6.10 Å². The topological polar surface area (TPSA) is 78.9 Å². The summed E-state index contributed by atoms with van der Waals surface area (Å²) in [6, 6.07) is 0. The largest absolute Gasteiger partial charge is 0.462 e. The molecule has 0 aromatic carbocycles. The minimum Gasteiger partial charge on any atom is -0.462 e. The van der Waals surface area contributed by atoms with E-state index in [0.717, 1.165) is 69.6 Å². The van der Waals surface area contributed by atoms with Crippen LogP contribution in [-0.4, -0.2) is 37.2 Å². The fourth-order valence-corrected chi connectivity index (χ4v) is 8.28. The Kier molecular flexibility index (Phi) is 46.6. The maximum atomic E-state index is 12.8. The zero-order chi connectivity index (χ0) is 44.7. The number of hydrogen-bond acceptors (Lipinski definition) is 6. The SMILES string of the molecule is CCCCCCCCCC(=O)OC[C@H](COC(=O)CCCCCCCCCCCCCCCCCCCCC(C)CC)OC(=O)CCCCCCCCCCCCC(C)CC. The zero-order valence-electron chi connectivity index (χ0n) is 41.8. The Morgan fingerprint density at radius 3 is 0.852 bits per heavy atom. The van der Waals surface area contributed by atoms with Crippen LogP contribution in [0.15, 0.2) is 0 Å². The van der Waals surface area contributed by atoms with Gasteiger partial charge in [-0.05, 0) is 31.1 Å². The van der Waals surface area contributed by atoms with Crippen molar-refractivity contribution >= 4 is 17.9 Å². The molecule has 0 aliphatic carbocycles. The number of unbranched alkanes of at least 4 members (excludes halogenated alkanes) is 32. The second-order valence-corrected chi connectivity index (χ2v) is 19.4. The van der Waals surface area contributed by atoms with E-state index in [1.807, 2.05) is 0 Å². The van der Waals surface area contributed by atoms with Gasteiger partial charge in [-0.3, -0.25) is 14.4 Å². The van der Waals surface area contributed by atoms with Crippen molar-refractivity contribution in [3.8, 4) is 0 Å². The predicted octanol–water partition coefficient (Wildman–Crippen LogP) is 17.7. The molecule has 2 unspecified atom stereocenters. The zero-order valence-corrected chi connectivity index (χ0v) is 41.8. The van der Waals surface area contributed by atoms with E-state index in [2.05, 4.69) is 34.6 Å². The van der Waals surface area contributed by atoms with Gasteiger partial charge in [-0.1, -0.05) is 266 Å². The van der Waals surface area contributed by atoms with Gasteiger partial charge in [0.25, 0.3) is 0 Å². The molecule has 0 heterocycles. The van der Waals surface area contributed by atoms with Gasteiger partial charge in [0.15, 0.2) is 6.10 Å². The summed E-state index contributed by atoms with van der Waals surface area (Å²) in [5, 5.41) is 0. The van der Waals surface area contributed by atoms with Crippen LogP contribution in [0.2, 0.25) is 0 Å². The maximum absolute atomic E-state index is 12.8. The second-order valence-electron chi connectivity index (χ2n) is 19.4. The van der Waals surface area contributed by atoms with Crippen LogP contribution < -0.4 is 0 Å². The normalized spacial score (nSPS) is 12.9. The number of esters is 3. The Morgan fingerprint density at radius 1 is 0.328 bits per heavy atom. The van der Waals surface area contributed by atoms with Crippen LogP contribution in [0.25, 0.3) is 0 Å². The molecular formula is C55H106O6. The van der Waals surface area contributed by atoms with Crippen LogP contribution in [-0.2, 0) is 28.6 Å². The third-order valence-corrected chi connectivity index (χ3v) is 13.2. The third-order valence-electron chi connectivity index (χ3n) is 13.2. The van der Waals surface area contributed by atoms with Crippen molar-refractivity contribution in [2.75, 3.05) is 13.2 Å². The van der Waals surface area contributed by atoms with Crippen LogP contribution in [0.5, 0.6) is 0 Å². The highest BCUT2D eigenvalue weighted by molar-refractivity contribution is 5.71. The van der Waals surface area contributed by atoms with Crippen LogP contribution in [0.3, 0.4) is 0 Å². The number of carbonyl (C=O) groups excluding carboxylic acids is 3. The Labute approximate surface area is 380 Å². The van der Waals surface area contributed by atoms with Gasteiger partial charge < -0.3 is 14.2 Å². The number of carbonyl (C=O) groups is 3. The summed E-state index contributed by atoms with van der Waals surface area (Å²) in [5.74, 6) is 0.925. The Hall–Kier alpha value is -1.59. The number of ether oxygens (including phenoxy) is 3. The molecule has 0 aromatic rings. The molecule has 0 radical (unpaired) electrons. The van der Waals surface area contributed by atoms with E-state index >= 15 is 0 Å². The minimum absolute atomic E-state index is 0.0638. The molecule has 0 spiro atoms. The van der Waals surface area contributed by atoms with Crippen molar-refractivity contribution < 1.29 is 28.6 Å². The lowest BCUT2D eigenvalue weighted by molar-refractivity contribution is -0.167. The first kappa shape index (κ1) is 59.4. The quantitative estimate of drug-likeness (QED) is 0.0344. The molecule has 3 atom stereocenters. The Balaban J connectivity index is 4.12. The Morgan fingerprint density at radius 2 is 0.574 bits per heavy atom. The molecule has 0 saturated carbocycles. The van der Waals surface area contributed by atoms with Crippen molar-refractivity contribution in [2.24, 2.45) is 11.8 Å². The Bertz CT molecular complexity index is 935. The molecule has 61 heavy (non-hydrogen) atoms. The van der Waals surface area contributed by atoms with E-state index in [4.69, 9.17) is 14.2 Å². The smallest absolute Gasteiger partial charge is 0.306 e. The lowest BCUT2D eigenvalue weighted by Gasteiger charge is -2.18. The first-order chi connectivity index (χ1) is 29.8. The highest BCUT2D eigenvalue weighted by atomic mass is 16.6. The fourth-order valence-electron chi connectivity index (χ4n) is 8.28. The molecule has 362 valence electrons. The van der Waals surface area contributed by atoms with Crippen molar-refractivity contribution in [1.29, 1.82) is 0 Å². The molecule has 0 bridgehead atoms. The van der Waals surface area contributed by atoms with Crippen molar-refractivity contribution in [3.05, 3.63) is 0 Å². The van der Waals surface area contributed by atoms with Crippen LogP contribution in [0.1, 0.15) is 304 Å². The van der Waals surface area contributed by atoms with E-state index in [9.17, 15) is 14.4 Å². The van der Waals surface area contributed by atoms with Crippen LogP contribution >= 0.6 is 0 Å². The highest BCUT2D eigenvalue weighted by Gasteiger charge is 2.19. The molecule has 0 aromatic heterocycles. The number of hydrogen-bond donors (Lipinski definition) is 0. The summed E-state index contributed by atoms with van der Waals surface area (Å²) in [5.41, 5.74) is 0. The van der Waals surface area contributed by atoms with Gasteiger partial charge >= 0.3 is 17.9 Å². The third kappa shape index (κ3) is 46.2. The van der Waals surface area contributed by atoms with Gasteiger partial charge in [-0.15, -0.1) is 0 Å². The summed E-state index contributed by atoms with van der Waals surface area (Å²) < 4.78 is 16.8. The van der Waals surface area contributed by atoms with Gasteiger partial charge in [0.1, 0.15) is 13.2 Å². The summed E-state index contributed by atoms with van der Waals surface area (Å²) in [6.45, 7) is 11.4. The lowest BCUT2D eigenvalue weighted by Crippen LogP contribution is -2.30. The molecule has 0 aliphatic heterocycles. The summed E-state index contributed by atoms with van der Waals surface area (Å²) in [4.78, 5) is 37.8. The summed E-state index contributed by atoms with van der Waals surface area (Å²) in [6.07, 6.45) is 49.6. The molecule has 0 amide bonds. The van der Waals surface area contributed by atoms with Crippen molar-refractivity contribution in [2.45, 2.75) is 310 Å². The summed E-state index contributed by atoms with van der Waals surface area (Å²) in [7, 11) is 0. The predicted molar refractivity (Wildman–Crippen MR) is 261 cm³/mol. The van der Waals surface area contributed by atoms with Gasteiger partial charge in [0, 0.05) is 19.3 Å². The monoisotopic (exact) mass is 863 g/mol. The molecular weight excluding hydrogens is 757 g/mol. The second kappa shape index (κ2) is 47.9. The first-order valence-corrected chi connectivity index (χ1v) is 27.3. The number of rotatable bonds is 49. The molecule has 6 heteroatoms. The summed E-state index contributed by atoms with van der Waals surface area (Å²) >= 11 is 0. The standard InChI is InChI=1S/C55H106O6/c1-6-9-10-11-28-35-40-45-53(56)59-48-52(61-55(58)47-42-37-32-27-23-22-25-30-34-39-44-51(5)8-3)49-60-54(57)46-41-36-31-26-21-19-17-15-13-12-14-16-18-20-24-29-33-38-43-50(4)7-2/h50-52H,6-49H2,1-5H3/t50?,51?,52-/m1/s1. The van der Waals surface area contributed by atoms with Gasteiger partial charge in [0.2, 0.25) is 0 Å². The minimum atomic E-state index is -0.761. The van der Waals surface area contributed by atoms with Gasteiger partial charge in [-0.25, -0.2) is 0 Å². The molecule has 0 aliphatic rings. The van der Waals surface area contributed by atoms with E-state index in [1.54, 1.807) is 0 Å². The molecule has 0 fully saturated rings. The molecule has 0 N–H and O–H groups in total. The molecule has 0 rings (SSSR count). The van der Waals surface area contributed by atoms with E-state index in [0.29, 0.717) is 19.3 Å². The lowest BCUT2D eigenvalue weighted by atomic mass is 9.99. The maximum Gasteiger partial charge on any atom is 0.306 e. The van der Waals surface area contributed by atoms with Crippen molar-refractivity contribution in [1.82, 2.24) is 0 Å². The van der Waals surface area contributed by atoms with E-state index in [-0.39, 0.29) is 31.1 Å². The van der Waals surface area contributed by atoms with E-state index in [1.165, 1.54) is 193 Å². The highest BCUT2D eigenvalue weighted by Crippen LogP contribution is 2.19. The fraction of sp³-hybridized carbons (Fsp3) is 0.945. The van der Waals surface area contributed by atoms with Gasteiger partial charge in [0.05, 0.1) is 0 Å². The van der Waals surface area contributed by atoms with Crippen LogP contribution in [0, 0.1) is 11.8 Å². The average Bonchev–Trinajstić information content (AvgIpc) is 3.26. The average molecular weight is 863 g/mol. The van der Waals surface area contributed by atoms with Crippen LogP contribution in [0.4, 0.5) is 0 Å². The first-order valence-electron chi connectivity index (χ1n) is 27.3.